The summed E-state index contributed by atoms with van der Waals surface area (Å²) in [7, 11) is 0. The Kier molecular flexibility index (Phi) is 7.31. The third-order valence-electron chi connectivity index (χ3n) is 8.11. The van der Waals surface area contributed by atoms with Crippen LogP contribution in [0.3, 0.4) is 0 Å². The van der Waals surface area contributed by atoms with E-state index < -0.39 is 5.54 Å². The third-order valence-corrected chi connectivity index (χ3v) is 9.59. The first-order chi connectivity index (χ1) is 18.1. The Bertz CT molecular complexity index is 1400. The van der Waals surface area contributed by atoms with Crippen LogP contribution in [0.2, 0.25) is 5.02 Å². The van der Waals surface area contributed by atoms with E-state index in [1.807, 2.05) is 37.5 Å². The summed E-state index contributed by atoms with van der Waals surface area (Å²) >= 11 is 7.72. The normalized spacial score (nSPS) is 20.3. The number of fused-ring (bicyclic) bond motifs is 3. The molecule has 3 aromatic rings. The van der Waals surface area contributed by atoms with Crippen molar-refractivity contribution in [3.63, 3.8) is 0 Å². The lowest BCUT2D eigenvalue weighted by Gasteiger charge is -2.44. The van der Waals surface area contributed by atoms with Gasteiger partial charge in [0.05, 0.1) is 12.2 Å². The third kappa shape index (κ3) is 4.73. The Hall–Kier alpha value is -2.84. The number of halogens is 1. The molecule has 5 rings (SSSR count). The highest BCUT2D eigenvalue weighted by molar-refractivity contribution is 7.19. The van der Waals surface area contributed by atoms with E-state index in [2.05, 4.69) is 10.6 Å². The number of nitrogens with zero attached hydrogens (tertiary/aromatic N) is 2. The maximum absolute atomic E-state index is 14.4. The first kappa shape index (κ1) is 26.8. The van der Waals surface area contributed by atoms with Crippen molar-refractivity contribution in [2.24, 2.45) is 0 Å². The smallest absolute Gasteiger partial charge is 0.273 e. The molecule has 0 radical (unpaired) electrons. The molecule has 1 unspecified atom stereocenters. The van der Waals surface area contributed by atoms with Crippen molar-refractivity contribution >= 4 is 56.6 Å². The molecule has 1 atom stereocenters. The molecule has 2 aliphatic rings. The van der Waals surface area contributed by atoms with Crippen LogP contribution >= 0.6 is 22.9 Å². The second-order valence-electron chi connectivity index (χ2n) is 10.9. The fraction of sp³-hybridized carbons (Fsp3) is 0.483. The zero-order valence-corrected chi connectivity index (χ0v) is 24.0. The van der Waals surface area contributed by atoms with Gasteiger partial charge < -0.3 is 20.1 Å². The van der Waals surface area contributed by atoms with Gasteiger partial charge in [0.1, 0.15) is 16.1 Å². The van der Waals surface area contributed by atoms with Gasteiger partial charge >= 0.3 is 0 Å². The summed E-state index contributed by atoms with van der Waals surface area (Å²) in [5.41, 5.74) is 1.76. The van der Waals surface area contributed by atoms with Gasteiger partial charge in [0.2, 0.25) is 11.8 Å². The summed E-state index contributed by atoms with van der Waals surface area (Å²) in [5, 5.41) is 7.75. The Morgan fingerprint density at radius 1 is 1.11 bits per heavy atom. The Labute approximate surface area is 232 Å². The van der Waals surface area contributed by atoms with Crippen molar-refractivity contribution < 1.29 is 14.4 Å². The van der Waals surface area contributed by atoms with Crippen LogP contribution in [0, 0.1) is 13.8 Å². The summed E-state index contributed by atoms with van der Waals surface area (Å²) in [5.74, 6) is -0.640. The number of aryl methyl sites for hydroxylation is 2. The van der Waals surface area contributed by atoms with Gasteiger partial charge in [-0.15, -0.1) is 11.3 Å². The number of amides is 3. The van der Waals surface area contributed by atoms with Gasteiger partial charge in [-0.1, -0.05) is 49.4 Å². The highest BCUT2D eigenvalue weighted by Crippen LogP contribution is 2.44. The molecule has 1 saturated carbocycles. The fourth-order valence-corrected chi connectivity index (χ4v) is 7.14. The van der Waals surface area contributed by atoms with Gasteiger partial charge in [-0.25, -0.2) is 0 Å². The standard InChI is InChI=1S/C29H35ClN4O3S/c1-17-18(2)38-27-23(17)24(31-19(3)35)25-26(36)34(15-20-11-13-21(30)14-12-20)29(4,16-33(25)27)28(37)32-22-9-7-5-6-8-10-22/h11-14,22H,5-10,15-16H2,1-4H3,(H,31,35)(H,32,37). The van der Waals surface area contributed by atoms with Crippen molar-refractivity contribution in [3.8, 4) is 0 Å². The molecule has 2 aromatic heterocycles. The Morgan fingerprint density at radius 3 is 2.39 bits per heavy atom. The number of hydrogen-bond acceptors (Lipinski definition) is 4. The van der Waals surface area contributed by atoms with E-state index in [9.17, 15) is 14.4 Å². The number of benzene rings is 1. The van der Waals surface area contributed by atoms with Crippen LogP contribution in [-0.2, 0) is 22.7 Å². The zero-order chi connectivity index (χ0) is 27.2. The van der Waals surface area contributed by atoms with E-state index in [1.165, 1.54) is 19.8 Å². The highest BCUT2D eigenvalue weighted by Gasteiger charge is 2.49. The minimum Gasteiger partial charge on any atom is -0.351 e. The summed E-state index contributed by atoms with van der Waals surface area (Å²) in [6, 6.07) is 7.46. The Morgan fingerprint density at radius 2 is 1.76 bits per heavy atom. The van der Waals surface area contributed by atoms with Gasteiger partial charge in [-0.3, -0.25) is 14.4 Å². The largest absolute Gasteiger partial charge is 0.351 e. The maximum Gasteiger partial charge on any atom is 0.273 e. The molecule has 202 valence electrons. The number of nitrogens with one attached hydrogen (secondary N) is 2. The van der Waals surface area contributed by atoms with Gasteiger partial charge in [0.15, 0.2) is 0 Å². The molecule has 0 spiro atoms. The minimum atomic E-state index is -1.12. The maximum atomic E-state index is 14.4. The van der Waals surface area contributed by atoms with Crippen molar-refractivity contribution in [1.82, 2.24) is 14.8 Å². The molecule has 3 amide bonds. The topological polar surface area (TPSA) is 83.4 Å². The van der Waals surface area contributed by atoms with Crippen molar-refractivity contribution in [3.05, 3.63) is 51.0 Å². The molecule has 38 heavy (non-hydrogen) atoms. The average Bonchev–Trinajstić information content (AvgIpc) is 3.16. The van der Waals surface area contributed by atoms with Gasteiger partial charge in [-0.05, 0) is 56.9 Å². The molecule has 2 N–H and O–H groups in total. The Balaban J connectivity index is 1.62. The number of carbonyl (C=O) groups excluding carboxylic acids is 3. The fourth-order valence-electron chi connectivity index (χ4n) is 5.84. The number of thiophene rings is 1. The molecular formula is C29H35ClN4O3S. The number of aromatic nitrogens is 1. The molecule has 0 saturated heterocycles. The summed E-state index contributed by atoms with van der Waals surface area (Å²) in [4.78, 5) is 44.4. The van der Waals surface area contributed by atoms with E-state index in [0.717, 1.165) is 51.9 Å². The molecule has 1 fully saturated rings. The van der Waals surface area contributed by atoms with E-state index in [-0.39, 0.29) is 30.3 Å². The van der Waals surface area contributed by atoms with E-state index in [0.29, 0.717) is 22.9 Å². The predicted molar refractivity (Wildman–Crippen MR) is 153 cm³/mol. The first-order valence-corrected chi connectivity index (χ1v) is 14.6. The van der Waals surface area contributed by atoms with Crippen LogP contribution in [0.1, 0.15) is 78.9 Å². The van der Waals surface area contributed by atoms with Gasteiger partial charge in [0, 0.05) is 34.8 Å². The number of carbonyl (C=O) groups is 3. The molecule has 1 aromatic carbocycles. The number of anilines is 1. The molecular weight excluding hydrogens is 520 g/mol. The summed E-state index contributed by atoms with van der Waals surface area (Å²) in [6.07, 6.45) is 6.51. The minimum absolute atomic E-state index is 0.113. The molecule has 7 nitrogen and oxygen atoms in total. The van der Waals surface area contributed by atoms with Crippen LogP contribution < -0.4 is 10.6 Å². The van der Waals surface area contributed by atoms with E-state index in [4.69, 9.17) is 11.6 Å². The van der Waals surface area contributed by atoms with E-state index >= 15 is 0 Å². The molecule has 3 heterocycles. The second kappa shape index (κ2) is 10.4. The van der Waals surface area contributed by atoms with Gasteiger partial charge in [-0.2, -0.15) is 0 Å². The van der Waals surface area contributed by atoms with Crippen LogP contribution in [0.15, 0.2) is 24.3 Å². The van der Waals surface area contributed by atoms with Crippen molar-refractivity contribution in [2.45, 2.75) is 90.9 Å². The van der Waals surface area contributed by atoms with Crippen LogP contribution in [-0.4, -0.2) is 38.8 Å². The quantitative estimate of drug-likeness (QED) is 0.369. The molecule has 9 heteroatoms. The summed E-state index contributed by atoms with van der Waals surface area (Å²) < 4.78 is 1.96. The van der Waals surface area contributed by atoms with Crippen molar-refractivity contribution in [2.75, 3.05) is 5.32 Å². The van der Waals surface area contributed by atoms with Gasteiger partial charge in [0.25, 0.3) is 5.91 Å². The lowest BCUT2D eigenvalue weighted by molar-refractivity contribution is -0.134. The second-order valence-corrected chi connectivity index (χ2v) is 12.5. The average molecular weight is 555 g/mol. The molecule has 0 bridgehead atoms. The monoisotopic (exact) mass is 554 g/mol. The summed E-state index contributed by atoms with van der Waals surface area (Å²) in [6.45, 7) is 7.93. The van der Waals surface area contributed by atoms with Crippen molar-refractivity contribution in [1.29, 1.82) is 0 Å². The first-order valence-electron chi connectivity index (χ1n) is 13.4. The van der Waals surface area contributed by atoms with Crippen LogP contribution in [0.4, 0.5) is 5.69 Å². The van der Waals surface area contributed by atoms with E-state index in [1.54, 1.807) is 28.4 Å². The highest BCUT2D eigenvalue weighted by atomic mass is 35.5. The number of hydrogen-bond donors (Lipinski definition) is 2. The lowest BCUT2D eigenvalue weighted by atomic mass is 9.92. The van der Waals surface area contributed by atoms with Crippen LogP contribution in [0.25, 0.3) is 10.2 Å². The lowest BCUT2D eigenvalue weighted by Crippen LogP contribution is -2.64. The number of rotatable bonds is 5. The van der Waals surface area contributed by atoms with Crippen LogP contribution in [0.5, 0.6) is 0 Å². The molecule has 1 aliphatic heterocycles. The SMILES string of the molecule is CC(=O)Nc1c2n(c3sc(C)c(C)c13)CC(C)(C(=O)NC1CCCCCC1)N(Cc1ccc(Cl)cc1)C2=O. The zero-order valence-electron chi connectivity index (χ0n) is 22.4. The molecule has 1 aliphatic carbocycles. The predicted octanol–water partition coefficient (Wildman–Crippen LogP) is 6.19.